The Kier molecular flexibility index (Phi) is 8.88. The zero-order valence-electron chi connectivity index (χ0n) is 24.5. The van der Waals surface area contributed by atoms with Gasteiger partial charge in [-0.3, -0.25) is 0 Å². The molecule has 1 atom stereocenters. The Morgan fingerprint density at radius 2 is 1.91 bits per heavy atom. The van der Waals surface area contributed by atoms with E-state index in [0.717, 1.165) is 24.1 Å². The van der Waals surface area contributed by atoms with Crippen LogP contribution in [0.4, 0.5) is 8.78 Å². The molecule has 1 aliphatic carbocycles. The van der Waals surface area contributed by atoms with E-state index in [-0.39, 0.29) is 23.6 Å². The maximum Gasteiger partial charge on any atom is 0.357 e. The fourth-order valence-electron chi connectivity index (χ4n) is 5.21. The molecule has 0 aliphatic heterocycles. The fraction of sp³-hybridized carbons (Fsp3) is 0.242. The second-order valence-corrected chi connectivity index (χ2v) is 12.5. The van der Waals surface area contributed by atoms with Gasteiger partial charge < -0.3 is 14.0 Å². The standard InChI is InChI=1S/C33H29F2N3O5S2/c1-3-43-32(39)28-18-44-33(36-28)38-29(15-19-7-8-19)25(13-20-9-12-30(45(40)41)27(35)14-20)31(37-38)22-10-11-26(34)24(17-22)21-5-4-6-23(16-21)42-2/h4-6,9-12,14,16-19H,3,7-8,13,15H2,1-2H3,(H,40,41). The van der Waals surface area contributed by atoms with Gasteiger partial charge in [-0.15, -0.1) is 11.3 Å². The van der Waals surface area contributed by atoms with Gasteiger partial charge >= 0.3 is 5.97 Å². The Morgan fingerprint density at radius 1 is 1.09 bits per heavy atom. The van der Waals surface area contributed by atoms with Crippen LogP contribution in [-0.4, -0.2) is 43.2 Å². The molecule has 0 saturated heterocycles. The quantitative estimate of drug-likeness (QED) is 0.119. The summed E-state index contributed by atoms with van der Waals surface area (Å²) < 4.78 is 63.3. The van der Waals surface area contributed by atoms with E-state index in [9.17, 15) is 17.9 Å². The molecule has 0 radical (unpaired) electrons. The molecule has 6 rings (SSSR count). The van der Waals surface area contributed by atoms with Crippen molar-refractivity contribution in [2.75, 3.05) is 13.7 Å². The number of thiazole rings is 1. The van der Waals surface area contributed by atoms with E-state index in [4.69, 9.17) is 14.6 Å². The lowest BCUT2D eigenvalue weighted by Gasteiger charge is -2.11. The second-order valence-electron chi connectivity index (χ2n) is 10.7. The number of ether oxygens (including phenoxy) is 2. The van der Waals surface area contributed by atoms with Gasteiger partial charge in [0.1, 0.15) is 22.3 Å². The van der Waals surface area contributed by atoms with Crippen molar-refractivity contribution in [3.8, 4) is 33.3 Å². The van der Waals surface area contributed by atoms with Crippen LogP contribution in [0.5, 0.6) is 5.75 Å². The highest BCUT2D eigenvalue weighted by molar-refractivity contribution is 7.79. The van der Waals surface area contributed by atoms with Crippen LogP contribution in [0.2, 0.25) is 0 Å². The maximum absolute atomic E-state index is 15.3. The van der Waals surface area contributed by atoms with Crippen molar-refractivity contribution >= 4 is 28.4 Å². The Labute approximate surface area is 265 Å². The minimum absolute atomic E-state index is 0.171. The number of esters is 1. The van der Waals surface area contributed by atoms with Gasteiger partial charge in [-0.1, -0.05) is 18.2 Å². The third-order valence-corrected chi connectivity index (χ3v) is 9.14. The Bertz CT molecular complexity index is 1920. The SMILES string of the molecule is CCOC(=O)c1csc(-n2nc(-c3ccc(F)c(-c4cccc(OC)c4)c3)c(Cc3ccc(S(=O)O)c(F)c3)c2CC2CC2)n1. The van der Waals surface area contributed by atoms with E-state index in [1.165, 1.54) is 29.5 Å². The first kappa shape index (κ1) is 30.8. The molecule has 0 spiro atoms. The number of benzene rings is 3. The van der Waals surface area contributed by atoms with Crippen molar-refractivity contribution in [1.29, 1.82) is 0 Å². The van der Waals surface area contributed by atoms with Gasteiger partial charge in [0.05, 0.1) is 25.1 Å². The van der Waals surface area contributed by atoms with Crippen LogP contribution >= 0.6 is 11.3 Å². The summed E-state index contributed by atoms with van der Waals surface area (Å²) in [6.45, 7) is 1.94. The second kappa shape index (κ2) is 13.0. The highest BCUT2D eigenvalue weighted by atomic mass is 32.2. The van der Waals surface area contributed by atoms with Gasteiger partial charge in [-0.25, -0.2) is 27.5 Å². The zero-order chi connectivity index (χ0) is 31.7. The van der Waals surface area contributed by atoms with E-state index in [1.807, 2.05) is 0 Å². The van der Waals surface area contributed by atoms with Gasteiger partial charge in [-0.05, 0) is 85.7 Å². The number of rotatable bonds is 11. The molecule has 8 nitrogen and oxygen atoms in total. The van der Waals surface area contributed by atoms with Gasteiger partial charge in [0.25, 0.3) is 0 Å². The molecule has 3 aromatic carbocycles. The normalized spacial score (nSPS) is 13.5. The summed E-state index contributed by atoms with van der Waals surface area (Å²) in [5.41, 5.74) is 4.55. The molecular formula is C33H29F2N3O5S2. The third kappa shape index (κ3) is 6.58. The first-order chi connectivity index (χ1) is 21.7. The molecule has 1 saturated carbocycles. The molecule has 0 bridgehead atoms. The molecule has 2 heterocycles. The minimum atomic E-state index is -2.46. The van der Waals surface area contributed by atoms with E-state index in [2.05, 4.69) is 4.98 Å². The topological polar surface area (TPSA) is 104 Å². The average molecular weight is 650 g/mol. The first-order valence-corrected chi connectivity index (χ1v) is 16.3. The molecule has 12 heteroatoms. The predicted molar refractivity (Wildman–Crippen MR) is 167 cm³/mol. The number of hydrogen-bond acceptors (Lipinski definition) is 7. The number of hydrogen-bond donors (Lipinski definition) is 1. The molecule has 2 aromatic heterocycles. The van der Waals surface area contributed by atoms with E-state index < -0.39 is 28.7 Å². The minimum Gasteiger partial charge on any atom is -0.497 e. The highest BCUT2D eigenvalue weighted by Gasteiger charge is 2.30. The number of aromatic nitrogens is 3. The Hall–Kier alpha value is -4.26. The molecule has 1 fully saturated rings. The monoisotopic (exact) mass is 649 g/mol. The maximum atomic E-state index is 15.3. The lowest BCUT2D eigenvalue weighted by Crippen LogP contribution is -2.08. The number of carbonyl (C=O) groups is 1. The van der Waals surface area contributed by atoms with Crippen LogP contribution in [0.1, 0.15) is 47.1 Å². The van der Waals surface area contributed by atoms with E-state index in [1.54, 1.807) is 66.6 Å². The average Bonchev–Trinajstić information content (AvgIpc) is 3.60. The van der Waals surface area contributed by atoms with Crippen LogP contribution < -0.4 is 4.74 Å². The van der Waals surface area contributed by atoms with E-state index in [0.29, 0.717) is 51.2 Å². The van der Waals surface area contributed by atoms with Crippen molar-refractivity contribution < 1.29 is 31.8 Å². The van der Waals surface area contributed by atoms with Gasteiger partial charge in [0, 0.05) is 28.5 Å². The van der Waals surface area contributed by atoms with Crippen molar-refractivity contribution in [3.05, 3.63) is 100 Å². The number of carbonyl (C=O) groups excluding carboxylic acids is 1. The molecule has 5 aromatic rings. The lowest BCUT2D eigenvalue weighted by atomic mass is 9.95. The molecule has 0 amide bonds. The van der Waals surface area contributed by atoms with Gasteiger partial charge in [0.2, 0.25) is 5.13 Å². The van der Waals surface area contributed by atoms with Crippen molar-refractivity contribution in [1.82, 2.24) is 14.8 Å². The Morgan fingerprint density at radius 3 is 2.62 bits per heavy atom. The first-order valence-electron chi connectivity index (χ1n) is 14.3. The molecule has 232 valence electrons. The largest absolute Gasteiger partial charge is 0.497 e. The summed E-state index contributed by atoms with van der Waals surface area (Å²) in [4.78, 5) is 16.7. The highest BCUT2D eigenvalue weighted by Crippen LogP contribution is 2.39. The molecule has 1 N–H and O–H groups in total. The van der Waals surface area contributed by atoms with Crippen LogP contribution in [0.15, 0.2) is 70.9 Å². The lowest BCUT2D eigenvalue weighted by molar-refractivity contribution is 0.0520. The molecule has 1 unspecified atom stereocenters. The fourth-order valence-corrected chi connectivity index (χ4v) is 6.39. The number of nitrogens with zero attached hydrogens (tertiary/aromatic N) is 3. The summed E-state index contributed by atoms with van der Waals surface area (Å²) >= 11 is -1.21. The van der Waals surface area contributed by atoms with Gasteiger partial charge in [-0.2, -0.15) is 5.10 Å². The van der Waals surface area contributed by atoms with Crippen LogP contribution in [0.25, 0.3) is 27.5 Å². The molecular weight excluding hydrogens is 621 g/mol. The third-order valence-electron chi connectivity index (χ3n) is 7.61. The summed E-state index contributed by atoms with van der Waals surface area (Å²) in [6.07, 6.45) is 3.01. The number of methoxy groups -OCH3 is 1. The smallest absolute Gasteiger partial charge is 0.357 e. The summed E-state index contributed by atoms with van der Waals surface area (Å²) in [7, 11) is 1.55. The summed E-state index contributed by atoms with van der Waals surface area (Å²) in [5, 5.41) is 7.08. The van der Waals surface area contributed by atoms with Crippen LogP contribution in [0.3, 0.4) is 0 Å². The zero-order valence-corrected chi connectivity index (χ0v) is 26.1. The molecule has 45 heavy (non-hydrogen) atoms. The Balaban J connectivity index is 1.52. The predicted octanol–water partition coefficient (Wildman–Crippen LogP) is 7.25. The summed E-state index contributed by atoms with van der Waals surface area (Å²) in [6, 6.07) is 16.1. The van der Waals surface area contributed by atoms with Crippen molar-refractivity contribution in [2.24, 2.45) is 5.92 Å². The van der Waals surface area contributed by atoms with Crippen LogP contribution in [-0.2, 0) is 28.7 Å². The summed E-state index contributed by atoms with van der Waals surface area (Å²) in [5.74, 6) is -0.723. The molecule has 1 aliphatic rings. The van der Waals surface area contributed by atoms with Crippen molar-refractivity contribution in [2.45, 2.75) is 37.5 Å². The van der Waals surface area contributed by atoms with Gasteiger partial charge in [0.15, 0.2) is 16.8 Å². The van der Waals surface area contributed by atoms with Crippen LogP contribution in [0, 0.1) is 17.6 Å². The number of halogens is 2. The van der Waals surface area contributed by atoms with E-state index >= 15 is 4.39 Å². The van der Waals surface area contributed by atoms with Crippen molar-refractivity contribution in [3.63, 3.8) is 0 Å².